The number of nitrogens with zero attached hydrogens (tertiary/aromatic N) is 4. The lowest BCUT2D eigenvalue weighted by Crippen LogP contribution is -2.34. The Labute approximate surface area is 220 Å². The number of piperidine rings is 1. The van der Waals surface area contributed by atoms with Crippen molar-refractivity contribution in [2.24, 2.45) is 0 Å². The molecule has 0 saturated carbocycles. The van der Waals surface area contributed by atoms with Gasteiger partial charge in [0.15, 0.2) is 0 Å². The smallest absolute Gasteiger partial charge is 0.230 e. The van der Waals surface area contributed by atoms with E-state index in [9.17, 15) is 9.18 Å². The van der Waals surface area contributed by atoms with Crippen LogP contribution in [0.5, 0.6) is 17.2 Å². The summed E-state index contributed by atoms with van der Waals surface area (Å²) >= 11 is 0. The summed E-state index contributed by atoms with van der Waals surface area (Å²) in [6.07, 6.45) is 8.18. The number of anilines is 1. The topological polar surface area (TPSA) is 103 Å². The Kier molecular flexibility index (Phi) is 7.24. The number of carbonyl (C=O) groups excluding carboxylic acids is 1. The van der Waals surface area contributed by atoms with Crippen LogP contribution in [0.15, 0.2) is 55.1 Å². The number of halogens is 1. The van der Waals surface area contributed by atoms with Crippen LogP contribution in [0.4, 0.5) is 10.1 Å². The summed E-state index contributed by atoms with van der Waals surface area (Å²) in [5.74, 6) is 0.445. The van der Waals surface area contributed by atoms with Crippen LogP contribution in [-0.4, -0.2) is 44.8 Å². The van der Waals surface area contributed by atoms with Gasteiger partial charge in [0.05, 0.1) is 41.3 Å². The minimum absolute atomic E-state index is 0.0234. The van der Waals surface area contributed by atoms with Crippen LogP contribution in [0.25, 0.3) is 10.9 Å². The summed E-state index contributed by atoms with van der Waals surface area (Å²) in [4.78, 5) is 21.0. The molecular weight excluding hydrogens is 487 g/mol. The van der Waals surface area contributed by atoms with E-state index in [4.69, 9.17) is 9.47 Å². The van der Waals surface area contributed by atoms with Gasteiger partial charge >= 0.3 is 0 Å². The fourth-order valence-corrected chi connectivity index (χ4v) is 4.24. The van der Waals surface area contributed by atoms with Crippen LogP contribution in [0.3, 0.4) is 0 Å². The molecule has 1 aromatic carbocycles. The summed E-state index contributed by atoms with van der Waals surface area (Å²) in [7, 11) is 0. The second-order valence-electron chi connectivity index (χ2n) is 10.3. The van der Waals surface area contributed by atoms with E-state index in [1.807, 2.05) is 39.0 Å². The van der Waals surface area contributed by atoms with Crippen molar-refractivity contribution in [1.82, 2.24) is 25.1 Å². The Hall–Kier alpha value is -4.05. The average Bonchev–Trinajstić information content (AvgIpc) is 3.36. The minimum atomic E-state index is -0.628. The number of hydrogen-bond donors (Lipinski definition) is 2. The molecule has 3 aromatic heterocycles. The van der Waals surface area contributed by atoms with Gasteiger partial charge in [-0.1, -0.05) is 0 Å². The summed E-state index contributed by atoms with van der Waals surface area (Å²) in [6, 6.07) is 8.62. The monoisotopic (exact) mass is 518 g/mol. The van der Waals surface area contributed by atoms with E-state index in [0.717, 1.165) is 42.6 Å². The first kappa shape index (κ1) is 25.6. The Balaban J connectivity index is 1.27. The Morgan fingerprint density at radius 1 is 1.13 bits per heavy atom. The number of amides is 1. The molecule has 0 radical (unpaired) electrons. The molecule has 4 heterocycles. The van der Waals surface area contributed by atoms with E-state index in [0.29, 0.717) is 11.4 Å². The van der Waals surface area contributed by atoms with Gasteiger partial charge in [-0.15, -0.1) is 0 Å². The zero-order chi connectivity index (χ0) is 26.7. The third-order valence-corrected chi connectivity index (χ3v) is 6.26. The van der Waals surface area contributed by atoms with Gasteiger partial charge in [-0.3, -0.25) is 19.4 Å². The number of benzene rings is 1. The van der Waals surface area contributed by atoms with Crippen LogP contribution in [0, 0.1) is 5.82 Å². The quantitative estimate of drug-likeness (QED) is 0.361. The molecule has 1 amide bonds. The van der Waals surface area contributed by atoms with E-state index < -0.39 is 5.82 Å². The minimum Gasteiger partial charge on any atom is -0.490 e. The van der Waals surface area contributed by atoms with Crippen molar-refractivity contribution < 1.29 is 18.7 Å². The van der Waals surface area contributed by atoms with Gasteiger partial charge < -0.3 is 20.1 Å². The van der Waals surface area contributed by atoms with Crippen molar-refractivity contribution in [3.05, 3.63) is 66.6 Å². The van der Waals surface area contributed by atoms with Crippen molar-refractivity contribution in [2.45, 2.75) is 51.7 Å². The highest BCUT2D eigenvalue weighted by atomic mass is 19.1. The molecule has 5 rings (SSSR count). The second-order valence-corrected chi connectivity index (χ2v) is 10.3. The zero-order valence-electron chi connectivity index (χ0n) is 21.7. The number of ether oxygens (including phenoxy) is 2. The third kappa shape index (κ3) is 6.08. The first-order valence-corrected chi connectivity index (χ1v) is 12.7. The van der Waals surface area contributed by atoms with Crippen LogP contribution >= 0.6 is 0 Å². The van der Waals surface area contributed by atoms with Crippen molar-refractivity contribution in [3.8, 4) is 17.2 Å². The first-order valence-electron chi connectivity index (χ1n) is 12.7. The normalized spacial score (nSPS) is 14.4. The molecule has 1 aliphatic rings. The maximum absolute atomic E-state index is 14.9. The molecule has 0 bridgehead atoms. The number of aromatic nitrogens is 4. The van der Waals surface area contributed by atoms with Gasteiger partial charge in [-0.25, -0.2) is 4.39 Å². The molecule has 1 fully saturated rings. The van der Waals surface area contributed by atoms with Gasteiger partial charge in [0, 0.05) is 23.8 Å². The van der Waals surface area contributed by atoms with Gasteiger partial charge in [0.1, 0.15) is 29.2 Å². The van der Waals surface area contributed by atoms with E-state index >= 15 is 0 Å². The van der Waals surface area contributed by atoms with Crippen LogP contribution < -0.4 is 20.1 Å². The maximum Gasteiger partial charge on any atom is 0.230 e. The summed E-state index contributed by atoms with van der Waals surface area (Å²) in [6.45, 7) is 7.89. The number of hydrogen-bond acceptors (Lipinski definition) is 7. The number of nitrogens with one attached hydrogen (secondary N) is 2. The number of fused-ring (bicyclic) bond motifs is 1. The average molecular weight is 519 g/mol. The van der Waals surface area contributed by atoms with E-state index in [-0.39, 0.29) is 35.4 Å². The molecule has 0 unspecified atom stereocenters. The third-order valence-electron chi connectivity index (χ3n) is 6.26. The number of pyridine rings is 2. The highest BCUT2D eigenvalue weighted by Crippen LogP contribution is 2.32. The predicted octanol–water partition coefficient (Wildman–Crippen LogP) is 4.82. The number of carbonyl (C=O) groups is 1. The summed E-state index contributed by atoms with van der Waals surface area (Å²) < 4.78 is 28.8. The van der Waals surface area contributed by atoms with Gasteiger partial charge in [-0.05, 0) is 71.0 Å². The fraction of sp³-hybridized carbons (Fsp3) is 0.357. The Morgan fingerprint density at radius 2 is 1.95 bits per heavy atom. The molecule has 4 aromatic rings. The molecule has 0 aliphatic carbocycles. The Bertz CT molecular complexity index is 1440. The Morgan fingerprint density at radius 3 is 2.68 bits per heavy atom. The first-order chi connectivity index (χ1) is 18.2. The molecule has 0 atom stereocenters. The van der Waals surface area contributed by atoms with Crippen molar-refractivity contribution in [2.75, 3.05) is 18.4 Å². The SMILES string of the molecule is CC(C)(C)n1cc(NC(=O)Cc2ncc(Oc3ccnc4ccc(OC5CCNCC5)cc34)cc2F)cn1. The predicted molar refractivity (Wildman–Crippen MR) is 142 cm³/mol. The largest absolute Gasteiger partial charge is 0.490 e. The van der Waals surface area contributed by atoms with Crippen molar-refractivity contribution in [1.29, 1.82) is 0 Å². The van der Waals surface area contributed by atoms with E-state index in [1.165, 1.54) is 12.3 Å². The van der Waals surface area contributed by atoms with Crippen LogP contribution in [0.2, 0.25) is 0 Å². The molecule has 198 valence electrons. The summed E-state index contributed by atoms with van der Waals surface area (Å²) in [5.41, 5.74) is 1.08. The summed E-state index contributed by atoms with van der Waals surface area (Å²) in [5, 5.41) is 11.1. The van der Waals surface area contributed by atoms with Gasteiger partial charge in [0.2, 0.25) is 5.91 Å². The maximum atomic E-state index is 14.9. The van der Waals surface area contributed by atoms with E-state index in [1.54, 1.807) is 29.3 Å². The molecule has 2 N–H and O–H groups in total. The van der Waals surface area contributed by atoms with E-state index in [2.05, 4.69) is 25.7 Å². The molecular formula is C28H31FN6O3. The molecule has 1 saturated heterocycles. The highest BCUT2D eigenvalue weighted by molar-refractivity contribution is 5.91. The number of rotatable bonds is 7. The van der Waals surface area contributed by atoms with Crippen molar-refractivity contribution in [3.63, 3.8) is 0 Å². The molecule has 38 heavy (non-hydrogen) atoms. The molecule has 1 aliphatic heterocycles. The lowest BCUT2D eigenvalue weighted by atomic mass is 10.1. The van der Waals surface area contributed by atoms with Crippen LogP contribution in [-0.2, 0) is 16.8 Å². The molecule has 10 heteroatoms. The standard InChI is InChI=1S/C28H31FN6O3/c1-28(2,3)35-17-18(15-33-35)34-27(36)14-25-23(29)13-21(16-32-25)38-26-8-11-31-24-5-4-20(12-22(24)26)37-19-6-9-30-10-7-19/h4-5,8,11-13,15-17,19,30H,6-7,9-10,14H2,1-3H3,(H,34,36). The molecule has 0 spiro atoms. The van der Waals surface area contributed by atoms with Crippen LogP contribution in [0.1, 0.15) is 39.3 Å². The van der Waals surface area contributed by atoms with Gasteiger partial charge in [-0.2, -0.15) is 5.10 Å². The molecule has 9 nitrogen and oxygen atoms in total. The van der Waals surface area contributed by atoms with Gasteiger partial charge in [0.25, 0.3) is 0 Å². The zero-order valence-corrected chi connectivity index (χ0v) is 21.7. The second kappa shape index (κ2) is 10.7. The van der Waals surface area contributed by atoms with Crippen molar-refractivity contribution >= 4 is 22.5 Å². The highest BCUT2D eigenvalue weighted by Gasteiger charge is 2.18. The fourth-order valence-electron chi connectivity index (χ4n) is 4.24. The lowest BCUT2D eigenvalue weighted by Gasteiger charge is -2.24. The lowest BCUT2D eigenvalue weighted by molar-refractivity contribution is -0.115.